The van der Waals surface area contributed by atoms with Gasteiger partial charge in [-0.1, -0.05) is 35.2 Å². The largest absolute Gasteiger partial charge is 0.324 e. The summed E-state index contributed by atoms with van der Waals surface area (Å²) in [7, 11) is 0. The molecule has 0 radical (unpaired) electrons. The van der Waals surface area contributed by atoms with Crippen molar-refractivity contribution in [1.82, 2.24) is 9.97 Å². The Morgan fingerprint density at radius 3 is 2.47 bits per heavy atom. The zero-order chi connectivity index (χ0) is 13.4. The molecule has 0 amide bonds. The summed E-state index contributed by atoms with van der Waals surface area (Å²) in [4.78, 5) is 16.9. The second-order valence-electron chi connectivity index (χ2n) is 5.42. The maximum Gasteiger partial charge on any atom is 0.323 e. The van der Waals surface area contributed by atoms with Crippen molar-refractivity contribution in [2.45, 2.75) is 38.1 Å². The topological polar surface area (TPSA) is 74.7 Å². The fourth-order valence-corrected chi connectivity index (χ4v) is 3.68. The Hall–Kier alpha value is -1.07. The second kappa shape index (κ2) is 5.13. The predicted octanol–water partition coefficient (Wildman–Crippen LogP) is 3.20. The molecule has 0 spiro atoms. The molecule has 1 aliphatic carbocycles. The van der Waals surface area contributed by atoms with E-state index in [9.17, 15) is 4.79 Å². The number of nitrogens with one attached hydrogen (secondary N) is 2. The van der Waals surface area contributed by atoms with E-state index in [4.69, 9.17) is 5.73 Å². The first-order valence-electron chi connectivity index (χ1n) is 6.82. The molecule has 5 heteroatoms. The number of hydrogen-bond donors (Lipinski definition) is 3. The molecule has 1 aliphatic rings. The van der Waals surface area contributed by atoms with Crippen molar-refractivity contribution in [1.29, 1.82) is 0 Å². The molecule has 3 rings (SSSR count). The van der Waals surface area contributed by atoms with Gasteiger partial charge in [0.05, 0.1) is 11.0 Å². The number of H-pyrrole nitrogens is 2. The Morgan fingerprint density at radius 2 is 1.79 bits per heavy atom. The van der Waals surface area contributed by atoms with Crippen molar-refractivity contribution in [3.63, 3.8) is 0 Å². The molecule has 1 heterocycles. The molecule has 102 valence electrons. The van der Waals surface area contributed by atoms with Crippen LogP contribution in [0.1, 0.15) is 43.7 Å². The highest BCUT2D eigenvalue weighted by atomic mass is 79.9. The van der Waals surface area contributed by atoms with Crippen molar-refractivity contribution in [3.8, 4) is 0 Å². The maximum atomic E-state index is 11.3. The minimum absolute atomic E-state index is 0.0393. The van der Waals surface area contributed by atoms with Gasteiger partial charge in [0, 0.05) is 10.5 Å². The van der Waals surface area contributed by atoms with Gasteiger partial charge >= 0.3 is 5.69 Å². The van der Waals surface area contributed by atoms with Gasteiger partial charge in [-0.25, -0.2) is 4.79 Å². The van der Waals surface area contributed by atoms with Crippen LogP contribution in [0, 0.1) is 5.92 Å². The van der Waals surface area contributed by atoms with E-state index < -0.39 is 0 Å². The van der Waals surface area contributed by atoms with Gasteiger partial charge in [0.25, 0.3) is 0 Å². The second-order valence-corrected chi connectivity index (χ2v) is 6.28. The molecule has 0 aliphatic heterocycles. The van der Waals surface area contributed by atoms with Crippen molar-refractivity contribution < 1.29 is 0 Å². The van der Waals surface area contributed by atoms with Crippen molar-refractivity contribution >= 4 is 27.0 Å². The summed E-state index contributed by atoms with van der Waals surface area (Å²) in [6.45, 7) is 0. The summed E-state index contributed by atoms with van der Waals surface area (Å²) in [6, 6.07) is 3.97. The highest BCUT2D eigenvalue weighted by Gasteiger charge is 2.23. The molecule has 1 saturated carbocycles. The Labute approximate surface area is 119 Å². The standard InChI is InChI=1S/C14H18BrN3O/c15-10-7-12-11(17-14(19)18-12)6-9(10)13(16)8-4-2-1-3-5-8/h6-8,13H,1-5,16H2,(H2,17,18,19). The van der Waals surface area contributed by atoms with E-state index in [1.165, 1.54) is 32.1 Å². The average molecular weight is 324 g/mol. The molecule has 1 atom stereocenters. The van der Waals surface area contributed by atoms with Crippen LogP contribution in [0.3, 0.4) is 0 Å². The lowest BCUT2D eigenvalue weighted by Gasteiger charge is -2.28. The molecular formula is C14H18BrN3O. The van der Waals surface area contributed by atoms with Gasteiger partial charge < -0.3 is 15.7 Å². The van der Waals surface area contributed by atoms with Gasteiger partial charge in [-0.15, -0.1) is 0 Å². The van der Waals surface area contributed by atoms with E-state index in [1.807, 2.05) is 12.1 Å². The Kier molecular flexibility index (Phi) is 3.50. The number of hydrogen-bond acceptors (Lipinski definition) is 2. The van der Waals surface area contributed by atoms with Crippen LogP contribution in [-0.4, -0.2) is 9.97 Å². The molecule has 1 fully saturated rings. The minimum atomic E-state index is -0.176. The number of fused-ring (bicyclic) bond motifs is 1. The third-order valence-electron chi connectivity index (χ3n) is 4.15. The number of halogens is 1. The minimum Gasteiger partial charge on any atom is -0.324 e. The number of aromatic nitrogens is 2. The first-order chi connectivity index (χ1) is 9.15. The summed E-state index contributed by atoms with van der Waals surface area (Å²) in [5.74, 6) is 0.549. The van der Waals surface area contributed by atoms with Crippen LogP contribution in [-0.2, 0) is 0 Å². The van der Waals surface area contributed by atoms with Gasteiger partial charge in [-0.2, -0.15) is 0 Å². The Morgan fingerprint density at radius 1 is 1.16 bits per heavy atom. The molecule has 2 aromatic rings. The highest BCUT2D eigenvalue weighted by molar-refractivity contribution is 9.10. The van der Waals surface area contributed by atoms with E-state index in [2.05, 4.69) is 25.9 Å². The zero-order valence-corrected chi connectivity index (χ0v) is 12.3. The van der Waals surface area contributed by atoms with Gasteiger partial charge in [-0.05, 0) is 36.5 Å². The fraction of sp³-hybridized carbons (Fsp3) is 0.500. The first-order valence-corrected chi connectivity index (χ1v) is 7.61. The van der Waals surface area contributed by atoms with Gasteiger partial charge in [0.15, 0.2) is 0 Å². The van der Waals surface area contributed by atoms with E-state index in [1.54, 1.807) is 0 Å². The third kappa shape index (κ3) is 2.49. The summed E-state index contributed by atoms with van der Waals surface area (Å²) in [5, 5.41) is 0. The number of rotatable bonds is 2. The van der Waals surface area contributed by atoms with Crippen LogP contribution >= 0.6 is 15.9 Å². The summed E-state index contributed by atoms with van der Waals surface area (Å²) < 4.78 is 0.980. The predicted molar refractivity (Wildman–Crippen MR) is 80.1 cm³/mol. The monoisotopic (exact) mass is 323 g/mol. The van der Waals surface area contributed by atoms with Crippen molar-refractivity contribution in [3.05, 3.63) is 32.7 Å². The molecule has 1 aromatic carbocycles. The summed E-state index contributed by atoms with van der Waals surface area (Å²) >= 11 is 3.58. The van der Waals surface area contributed by atoms with E-state index in [-0.39, 0.29) is 11.7 Å². The van der Waals surface area contributed by atoms with E-state index in [0.29, 0.717) is 5.92 Å². The van der Waals surface area contributed by atoms with Gasteiger partial charge in [-0.3, -0.25) is 0 Å². The summed E-state index contributed by atoms with van der Waals surface area (Å²) in [6.07, 6.45) is 6.29. The average Bonchev–Trinajstić information content (AvgIpc) is 2.77. The van der Waals surface area contributed by atoms with E-state index in [0.717, 1.165) is 21.1 Å². The first kappa shape index (κ1) is 12.9. The molecule has 4 nitrogen and oxygen atoms in total. The number of nitrogens with two attached hydrogens (primary N) is 1. The van der Waals surface area contributed by atoms with Crippen LogP contribution < -0.4 is 11.4 Å². The molecule has 0 saturated heterocycles. The van der Waals surface area contributed by atoms with Crippen LogP contribution in [0.5, 0.6) is 0 Å². The maximum absolute atomic E-state index is 11.3. The molecule has 1 aromatic heterocycles. The normalized spacial score (nSPS) is 18.8. The fourth-order valence-electron chi connectivity index (χ4n) is 3.08. The van der Waals surface area contributed by atoms with Crippen LogP contribution in [0.4, 0.5) is 0 Å². The molecular weight excluding hydrogens is 306 g/mol. The van der Waals surface area contributed by atoms with Crippen molar-refractivity contribution in [2.24, 2.45) is 11.7 Å². The van der Waals surface area contributed by atoms with Crippen molar-refractivity contribution in [2.75, 3.05) is 0 Å². The SMILES string of the molecule is NC(c1cc2[nH]c(=O)[nH]c2cc1Br)C1CCCCC1. The molecule has 4 N–H and O–H groups in total. The Balaban J connectivity index is 1.98. The smallest absolute Gasteiger partial charge is 0.323 e. The van der Waals surface area contributed by atoms with Crippen LogP contribution in [0.25, 0.3) is 11.0 Å². The summed E-state index contributed by atoms with van der Waals surface area (Å²) in [5.41, 5.74) is 9.00. The lowest BCUT2D eigenvalue weighted by molar-refractivity contribution is 0.308. The van der Waals surface area contributed by atoms with Gasteiger partial charge in [0.2, 0.25) is 0 Å². The lowest BCUT2D eigenvalue weighted by Crippen LogP contribution is -2.23. The zero-order valence-electron chi connectivity index (χ0n) is 10.7. The number of benzene rings is 1. The number of imidazole rings is 1. The van der Waals surface area contributed by atoms with Crippen LogP contribution in [0.15, 0.2) is 21.4 Å². The number of aromatic amines is 2. The highest BCUT2D eigenvalue weighted by Crippen LogP contribution is 2.36. The van der Waals surface area contributed by atoms with Gasteiger partial charge in [0.1, 0.15) is 0 Å². The lowest BCUT2D eigenvalue weighted by atomic mass is 9.81. The molecule has 0 bridgehead atoms. The molecule has 1 unspecified atom stereocenters. The third-order valence-corrected chi connectivity index (χ3v) is 4.84. The quantitative estimate of drug-likeness (QED) is 0.793. The molecule has 19 heavy (non-hydrogen) atoms. The van der Waals surface area contributed by atoms with Crippen LogP contribution in [0.2, 0.25) is 0 Å². The Bertz CT molecular complexity index is 640. The van der Waals surface area contributed by atoms with E-state index >= 15 is 0 Å².